The first kappa shape index (κ1) is 16.1. The maximum atomic E-state index is 5.52. The van der Waals surface area contributed by atoms with E-state index in [-0.39, 0.29) is 0 Å². The Morgan fingerprint density at radius 3 is 2.57 bits per heavy atom. The Morgan fingerprint density at radius 1 is 1.14 bits per heavy atom. The molecule has 114 valence electrons. The van der Waals surface area contributed by atoms with E-state index < -0.39 is 0 Å². The zero-order valence-electron chi connectivity index (χ0n) is 13.0. The van der Waals surface area contributed by atoms with E-state index in [1.807, 2.05) is 6.92 Å². The van der Waals surface area contributed by atoms with Crippen molar-refractivity contribution in [1.29, 1.82) is 0 Å². The van der Waals surface area contributed by atoms with Gasteiger partial charge >= 0.3 is 0 Å². The predicted octanol–water partition coefficient (Wildman–Crippen LogP) is 4.82. The lowest BCUT2D eigenvalue weighted by Crippen LogP contribution is -2.22. The molecule has 1 aromatic carbocycles. The fraction of sp³-hybridized carbons (Fsp3) is 0.444. The van der Waals surface area contributed by atoms with E-state index in [0.29, 0.717) is 6.04 Å². The summed E-state index contributed by atoms with van der Waals surface area (Å²) in [5.74, 6) is 0.952. The highest BCUT2D eigenvalue weighted by atomic mass is 32.1. The third-order valence-corrected chi connectivity index (χ3v) is 4.27. The van der Waals surface area contributed by atoms with Crippen LogP contribution in [0.1, 0.15) is 43.9 Å². The molecule has 0 radical (unpaired) electrons. The molecule has 1 N–H and O–H groups in total. The molecule has 3 heteroatoms. The van der Waals surface area contributed by atoms with E-state index in [2.05, 4.69) is 53.3 Å². The fourth-order valence-electron chi connectivity index (χ4n) is 2.41. The van der Waals surface area contributed by atoms with Crippen molar-refractivity contribution in [3.8, 4) is 5.75 Å². The van der Waals surface area contributed by atoms with Gasteiger partial charge in [-0.2, -0.15) is 11.3 Å². The Kier molecular flexibility index (Phi) is 6.77. The molecular formula is C18H25NOS. The lowest BCUT2D eigenvalue weighted by atomic mass is 10.00. The molecule has 0 fully saturated rings. The van der Waals surface area contributed by atoms with E-state index >= 15 is 0 Å². The lowest BCUT2D eigenvalue weighted by Gasteiger charge is -2.19. The molecule has 0 saturated carbocycles. The van der Waals surface area contributed by atoms with Gasteiger partial charge in [-0.15, -0.1) is 0 Å². The first-order valence-corrected chi connectivity index (χ1v) is 8.75. The van der Waals surface area contributed by atoms with E-state index in [1.165, 1.54) is 11.1 Å². The molecule has 0 saturated heterocycles. The van der Waals surface area contributed by atoms with Crippen LogP contribution >= 0.6 is 11.3 Å². The van der Waals surface area contributed by atoms with Gasteiger partial charge in [0, 0.05) is 6.04 Å². The maximum absolute atomic E-state index is 5.52. The Labute approximate surface area is 132 Å². The molecule has 1 aromatic heterocycles. The van der Waals surface area contributed by atoms with Crippen LogP contribution < -0.4 is 10.1 Å². The number of thiophene rings is 1. The second kappa shape index (κ2) is 8.85. The quantitative estimate of drug-likeness (QED) is 0.717. The summed E-state index contributed by atoms with van der Waals surface area (Å²) in [7, 11) is 0. The van der Waals surface area contributed by atoms with E-state index in [4.69, 9.17) is 4.74 Å². The molecule has 2 nitrogen and oxygen atoms in total. The molecule has 0 aliphatic carbocycles. The van der Waals surface area contributed by atoms with Gasteiger partial charge in [0.1, 0.15) is 5.75 Å². The number of hydrogen-bond acceptors (Lipinski definition) is 3. The third kappa shape index (κ3) is 5.18. The Bertz CT molecular complexity index is 492. The molecule has 1 unspecified atom stereocenters. The van der Waals surface area contributed by atoms with Crippen LogP contribution in [0.3, 0.4) is 0 Å². The van der Waals surface area contributed by atoms with Crippen LogP contribution in [0.15, 0.2) is 41.1 Å². The summed E-state index contributed by atoms with van der Waals surface area (Å²) in [4.78, 5) is 0. The largest absolute Gasteiger partial charge is 0.494 e. The molecule has 0 bridgehead atoms. The van der Waals surface area contributed by atoms with Crippen molar-refractivity contribution in [2.75, 3.05) is 13.2 Å². The summed E-state index contributed by atoms with van der Waals surface area (Å²) in [6.07, 6.45) is 3.41. The number of rotatable bonds is 9. The number of ether oxygens (including phenoxy) is 1. The number of benzene rings is 1. The fourth-order valence-corrected chi connectivity index (χ4v) is 3.12. The summed E-state index contributed by atoms with van der Waals surface area (Å²) in [6, 6.07) is 11.2. The zero-order valence-corrected chi connectivity index (χ0v) is 13.8. The SMILES string of the molecule is CCCNC(CCc1ccsc1)c1ccc(OCC)cc1. The molecule has 0 amide bonds. The monoisotopic (exact) mass is 303 g/mol. The normalized spacial score (nSPS) is 12.3. The van der Waals surface area contributed by atoms with Gasteiger partial charge in [0.05, 0.1) is 6.61 Å². The molecule has 0 aliphatic rings. The van der Waals surface area contributed by atoms with E-state index in [0.717, 1.165) is 38.2 Å². The van der Waals surface area contributed by atoms with Crippen molar-refractivity contribution >= 4 is 11.3 Å². The lowest BCUT2D eigenvalue weighted by molar-refractivity contribution is 0.340. The highest BCUT2D eigenvalue weighted by Gasteiger charge is 2.11. The summed E-state index contributed by atoms with van der Waals surface area (Å²) in [6.45, 7) is 6.00. The molecule has 21 heavy (non-hydrogen) atoms. The first-order chi connectivity index (χ1) is 10.3. The summed E-state index contributed by atoms with van der Waals surface area (Å²) in [5, 5.41) is 8.06. The predicted molar refractivity (Wildman–Crippen MR) is 91.3 cm³/mol. The maximum Gasteiger partial charge on any atom is 0.119 e. The molecule has 0 spiro atoms. The number of hydrogen-bond donors (Lipinski definition) is 1. The van der Waals surface area contributed by atoms with Gasteiger partial charge in [-0.3, -0.25) is 0 Å². The Morgan fingerprint density at radius 2 is 1.95 bits per heavy atom. The van der Waals surface area contributed by atoms with Crippen molar-refractivity contribution in [2.24, 2.45) is 0 Å². The topological polar surface area (TPSA) is 21.3 Å². The van der Waals surface area contributed by atoms with Crippen molar-refractivity contribution in [3.63, 3.8) is 0 Å². The highest BCUT2D eigenvalue weighted by Crippen LogP contribution is 2.23. The summed E-state index contributed by atoms with van der Waals surface area (Å²) >= 11 is 1.78. The molecule has 1 atom stereocenters. The average molecular weight is 303 g/mol. The summed E-state index contributed by atoms with van der Waals surface area (Å²) in [5.41, 5.74) is 2.79. The van der Waals surface area contributed by atoms with E-state index in [9.17, 15) is 0 Å². The Balaban J connectivity index is 1.99. The van der Waals surface area contributed by atoms with Crippen LogP contribution in [-0.2, 0) is 6.42 Å². The van der Waals surface area contributed by atoms with Crippen molar-refractivity contribution in [2.45, 2.75) is 39.2 Å². The van der Waals surface area contributed by atoms with Crippen LogP contribution in [-0.4, -0.2) is 13.2 Å². The van der Waals surface area contributed by atoms with Crippen molar-refractivity contribution in [1.82, 2.24) is 5.32 Å². The van der Waals surface area contributed by atoms with Gasteiger partial charge < -0.3 is 10.1 Å². The van der Waals surface area contributed by atoms with Gasteiger partial charge in [0.25, 0.3) is 0 Å². The highest BCUT2D eigenvalue weighted by molar-refractivity contribution is 7.07. The molecule has 0 aliphatic heterocycles. The second-order valence-corrected chi connectivity index (χ2v) is 5.96. The second-order valence-electron chi connectivity index (χ2n) is 5.18. The van der Waals surface area contributed by atoms with Crippen LogP contribution in [0.2, 0.25) is 0 Å². The van der Waals surface area contributed by atoms with Crippen LogP contribution in [0, 0.1) is 0 Å². The van der Waals surface area contributed by atoms with Gasteiger partial charge in [-0.25, -0.2) is 0 Å². The zero-order chi connectivity index (χ0) is 14.9. The Hall–Kier alpha value is -1.32. The van der Waals surface area contributed by atoms with Gasteiger partial charge in [0.15, 0.2) is 0 Å². The minimum atomic E-state index is 0.417. The van der Waals surface area contributed by atoms with Crippen molar-refractivity contribution in [3.05, 3.63) is 52.2 Å². The van der Waals surface area contributed by atoms with Gasteiger partial charge in [-0.1, -0.05) is 19.1 Å². The smallest absolute Gasteiger partial charge is 0.119 e. The molecule has 2 aromatic rings. The molecule has 1 heterocycles. The molecular weight excluding hydrogens is 278 g/mol. The van der Waals surface area contributed by atoms with Gasteiger partial charge in [-0.05, 0) is 72.8 Å². The van der Waals surface area contributed by atoms with Crippen LogP contribution in [0.25, 0.3) is 0 Å². The summed E-state index contributed by atoms with van der Waals surface area (Å²) < 4.78 is 5.52. The standard InChI is InChI=1S/C18H25NOS/c1-3-12-19-18(10-5-15-11-13-21-14-15)16-6-8-17(9-7-16)20-4-2/h6-9,11,13-14,18-19H,3-5,10,12H2,1-2H3. The van der Waals surface area contributed by atoms with Crippen LogP contribution in [0.4, 0.5) is 0 Å². The average Bonchev–Trinajstić information content (AvgIpc) is 3.02. The minimum absolute atomic E-state index is 0.417. The first-order valence-electron chi connectivity index (χ1n) is 7.80. The number of aryl methyl sites for hydroxylation is 1. The van der Waals surface area contributed by atoms with Gasteiger partial charge in [0.2, 0.25) is 0 Å². The van der Waals surface area contributed by atoms with Crippen molar-refractivity contribution < 1.29 is 4.74 Å². The van der Waals surface area contributed by atoms with E-state index in [1.54, 1.807) is 11.3 Å². The molecule has 2 rings (SSSR count). The van der Waals surface area contributed by atoms with Crippen LogP contribution in [0.5, 0.6) is 5.75 Å². The number of nitrogens with one attached hydrogen (secondary N) is 1. The minimum Gasteiger partial charge on any atom is -0.494 e. The third-order valence-electron chi connectivity index (χ3n) is 3.54.